The summed E-state index contributed by atoms with van der Waals surface area (Å²) in [5, 5.41) is 1.16. The van der Waals surface area contributed by atoms with Crippen molar-refractivity contribution < 1.29 is 14.3 Å². The Bertz CT molecular complexity index is 912. The van der Waals surface area contributed by atoms with Crippen LogP contribution < -0.4 is 4.90 Å². The highest BCUT2D eigenvalue weighted by molar-refractivity contribution is 7.18. The second-order valence-electron chi connectivity index (χ2n) is 8.04. The van der Waals surface area contributed by atoms with E-state index in [1.54, 1.807) is 17.7 Å². The van der Waals surface area contributed by atoms with Gasteiger partial charge in [0.2, 0.25) is 5.91 Å². The number of aryl methyl sites for hydroxylation is 2. The van der Waals surface area contributed by atoms with E-state index >= 15 is 0 Å². The monoisotopic (exact) mass is 416 g/mol. The molecule has 0 N–H and O–H groups in total. The van der Waals surface area contributed by atoms with Crippen molar-refractivity contribution in [3.05, 3.63) is 16.8 Å². The fourth-order valence-corrected chi connectivity index (χ4v) is 5.49. The molecule has 4 rings (SSSR count). The zero-order valence-electron chi connectivity index (χ0n) is 17.3. The number of hydrogen-bond donors (Lipinski definition) is 0. The van der Waals surface area contributed by atoms with Gasteiger partial charge in [0.25, 0.3) is 0 Å². The molecule has 0 bridgehead atoms. The van der Waals surface area contributed by atoms with Gasteiger partial charge in [-0.15, -0.1) is 11.3 Å². The van der Waals surface area contributed by atoms with Crippen molar-refractivity contribution in [2.24, 2.45) is 11.8 Å². The second kappa shape index (κ2) is 8.26. The van der Waals surface area contributed by atoms with Crippen molar-refractivity contribution in [3.63, 3.8) is 0 Å². The molecule has 8 heteroatoms. The van der Waals surface area contributed by atoms with Gasteiger partial charge in [-0.3, -0.25) is 9.59 Å². The Labute approximate surface area is 175 Å². The number of aromatic nitrogens is 2. The second-order valence-corrected chi connectivity index (χ2v) is 9.25. The number of ether oxygens (including phenoxy) is 1. The molecular weight excluding hydrogens is 388 g/mol. The van der Waals surface area contributed by atoms with Crippen LogP contribution in [0.15, 0.2) is 6.33 Å². The van der Waals surface area contributed by atoms with Crippen molar-refractivity contribution in [1.82, 2.24) is 14.9 Å². The molecule has 4 heterocycles. The Balaban J connectivity index is 1.38. The number of likely N-dealkylation sites (tertiary alicyclic amines) is 1. The summed E-state index contributed by atoms with van der Waals surface area (Å²) in [7, 11) is 1.43. The van der Waals surface area contributed by atoms with E-state index in [1.165, 1.54) is 17.6 Å². The topological polar surface area (TPSA) is 75.6 Å². The largest absolute Gasteiger partial charge is 0.469 e. The number of amides is 1. The molecule has 0 aliphatic carbocycles. The van der Waals surface area contributed by atoms with E-state index in [0.29, 0.717) is 25.9 Å². The zero-order chi connectivity index (χ0) is 20.5. The first-order valence-electron chi connectivity index (χ1n) is 10.3. The van der Waals surface area contributed by atoms with Crippen LogP contribution in [0.4, 0.5) is 5.82 Å². The number of esters is 1. The number of carbonyl (C=O) groups excluding carboxylic acids is 2. The molecule has 2 aromatic heterocycles. The predicted molar refractivity (Wildman–Crippen MR) is 113 cm³/mol. The summed E-state index contributed by atoms with van der Waals surface area (Å²) < 4.78 is 4.84. The molecule has 0 spiro atoms. The van der Waals surface area contributed by atoms with Crippen molar-refractivity contribution in [2.75, 3.05) is 38.2 Å². The molecule has 1 amide bonds. The van der Waals surface area contributed by atoms with E-state index in [4.69, 9.17) is 4.74 Å². The maximum absolute atomic E-state index is 13.0. The Morgan fingerprint density at radius 2 is 1.69 bits per heavy atom. The molecule has 0 radical (unpaired) electrons. The summed E-state index contributed by atoms with van der Waals surface area (Å²) in [5.74, 6) is 1.08. The first kappa shape index (κ1) is 20.1. The van der Waals surface area contributed by atoms with Crippen LogP contribution in [-0.4, -0.2) is 60.0 Å². The summed E-state index contributed by atoms with van der Waals surface area (Å²) >= 11 is 1.71. The fourth-order valence-electron chi connectivity index (χ4n) is 4.50. The first-order valence-corrected chi connectivity index (χ1v) is 11.1. The van der Waals surface area contributed by atoms with Crippen molar-refractivity contribution >= 4 is 39.2 Å². The van der Waals surface area contributed by atoms with Gasteiger partial charge >= 0.3 is 5.97 Å². The van der Waals surface area contributed by atoms with E-state index in [9.17, 15) is 9.59 Å². The van der Waals surface area contributed by atoms with E-state index in [1.807, 2.05) is 4.90 Å². The molecule has 0 atom stereocenters. The third kappa shape index (κ3) is 3.82. The Morgan fingerprint density at radius 3 is 2.34 bits per heavy atom. The highest BCUT2D eigenvalue weighted by Crippen LogP contribution is 2.36. The van der Waals surface area contributed by atoms with Crippen LogP contribution in [-0.2, 0) is 14.3 Å². The maximum atomic E-state index is 13.0. The fraction of sp³-hybridized carbons (Fsp3) is 0.619. The van der Waals surface area contributed by atoms with Gasteiger partial charge in [-0.05, 0) is 45.1 Å². The molecule has 2 aliphatic rings. The number of nitrogens with zero attached hydrogens (tertiary/aromatic N) is 4. The van der Waals surface area contributed by atoms with Crippen molar-refractivity contribution in [3.8, 4) is 0 Å². The molecule has 29 heavy (non-hydrogen) atoms. The first-order chi connectivity index (χ1) is 14.0. The predicted octanol–water partition coefficient (Wildman–Crippen LogP) is 2.94. The number of carbonyl (C=O) groups is 2. The highest BCUT2D eigenvalue weighted by atomic mass is 32.1. The number of piperidine rings is 2. The molecule has 2 aromatic rings. The zero-order valence-corrected chi connectivity index (χ0v) is 18.1. The van der Waals surface area contributed by atoms with Crippen LogP contribution in [0.3, 0.4) is 0 Å². The third-order valence-corrected chi connectivity index (χ3v) is 7.55. The normalized spacial score (nSPS) is 19.0. The molecule has 156 valence electrons. The lowest BCUT2D eigenvalue weighted by molar-refractivity contribution is -0.149. The van der Waals surface area contributed by atoms with Crippen LogP contribution >= 0.6 is 11.3 Å². The van der Waals surface area contributed by atoms with Gasteiger partial charge in [-0.25, -0.2) is 9.97 Å². The summed E-state index contributed by atoms with van der Waals surface area (Å²) in [6.07, 6.45) is 4.72. The van der Waals surface area contributed by atoms with Crippen LogP contribution in [0.2, 0.25) is 0 Å². The number of rotatable bonds is 3. The summed E-state index contributed by atoms with van der Waals surface area (Å²) in [4.78, 5) is 40.2. The Kier molecular flexibility index (Phi) is 5.72. The smallest absolute Gasteiger partial charge is 0.308 e. The summed E-state index contributed by atoms with van der Waals surface area (Å²) in [6.45, 7) is 7.22. The molecule has 2 saturated heterocycles. The number of hydrogen-bond acceptors (Lipinski definition) is 7. The minimum atomic E-state index is -0.152. The lowest BCUT2D eigenvalue weighted by atomic mass is 9.92. The average molecular weight is 417 g/mol. The molecule has 0 unspecified atom stereocenters. The molecule has 2 fully saturated rings. The number of methoxy groups -OCH3 is 1. The molecule has 0 saturated carbocycles. The molecular formula is C21H28N4O3S. The summed E-state index contributed by atoms with van der Waals surface area (Å²) in [5.41, 5.74) is 1.26. The van der Waals surface area contributed by atoms with E-state index in [-0.39, 0.29) is 23.7 Å². The van der Waals surface area contributed by atoms with Gasteiger partial charge in [0, 0.05) is 37.0 Å². The van der Waals surface area contributed by atoms with Gasteiger partial charge in [0.15, 0.2) is 0 Å². The van der Waals surface area contributed by atoms with Crippen LogP contribution in [0.25, 0.3) is 10.2 Å². The minimum absolute atomic E-state index is 0.0589. The maximum Gasteiger partial charge on any atom is 0.308 e. The Hall–Kier alpha value is -2.22. The van der Waals surface area contributed by atoms with Gasteiger partial charge < -0.3 is 14.5 Å². The van der Waals surface area contributed by atoms with Gasteiger partial charge in [-0.1, -0.05) is 0 Å². The number of thiophene rings is 1. The minimum Gasteiger partial charge on any atom is -0.469 e. The van der Waals surface area contributed by atoms with E-state index < -0.39 is 0 Å². The standard InChI is InChI=1S/C21H28N4O3S/c1-13-14(2)29-19-17(13)18(22-12-23-19)24-8-4-15(5-9-24)20(26)25-10-6-16(7-11-25)21(27)28-3/h12,15-16H,4-11H2,1-3H3. The Morgan fingerprint density at radius 1 is 1.03 bits per heavy atom. The van der Waals surface area contributed by atoms with Gasteiger partial charge in [0.05, 0.1) is 18.4 Å². The van der Waals surface area contributed by atoms with Crippen LogP contribution in [0.1, 0.15) is 36.1 Å². The van der Waals surface area contributed by atoms with Crippen LogP contribution in [0.5, 0.6) is 0 Å². The van der Waals surface area contributed by atoms with Crippen molar-refractivity contribution in [2.45, 2.75) is 39.5 Å². The molecule has 0 aromatic carbocycles. The lowest BCUT2D eigenvalue weighted by Gasteiger charge is -2.37. The van der Waals surface area contributed by atoms with Crippen molar-refractivity contribution in [1.29, 1.82) is 0 Å². The molecule has 2 aliphatic heterocycles. The highest BCUT2D eigenvalue weighted by Gasteiger charge is 2.33. The average Bonchev–Trinajstić information content (AvgIpc) is 3.06. The third-order valence-electron chi connectivity index (χ3n) is 6.43. The quantitative estimate of drug-likeness (QED) is 0.716. The number of anilines is 1. The van der Waals surface area contributed by atoms with Crippen LogP contribution in [0, 0.1) is 25.7 Å². The summed E-state index contributed by atoms with van der Waals surface area (Å²) in [6, 6.07) is 0. The number of fused-ring (bicyclic) bond motifs is 1. The van der Waals surface area contributed by atoms with E-state index in [0.717, 1.165) is 42.0 Å². The van der Waals surface area contributed by atoms with Gasteiger partial charge in [0.1, 0.15) is 17.0 Å². The lowest BCUT2D eigenvalue weighted by Crippen LogP contribution is -2.46. The van der Waals surface area contributed by atoms with E-state index in [2.05, 4.69) is 28.7 Å². The van der Waals surface area contributed by atoms with Gasteiger partial charge in [-0.2, -0.15) is 0 Å². The SMILES string of the molecule is COC(=O)C1CCN(C(=O)C2CCN(c3ncnc4sc(C)c(C)c34)CC2)CC1. The molecule has 7 nitrogen and oxygen atoms in total.